The van der Waals surface area contributed by atoms with Crippen LogP contribution in [-0.2, 0) is 9.84 Å². The van der Waals surface area contributed by atoms with Gasteiger partial charge in [0.25, 0.3) is 0 Å². The summed E-state index contributed by atoms with van der Waals surface area (Å²) in [5.74, 6) is 0.151. The van der Waals surface area contributed by atoms with Crippen LogP contribution in [0.25, 0.3) is 6.08 Å². The maximum absolute atomic E-state index is 11.9. The number of hydrogen-bond acceptors (Lipinski definition) is 3. The highest BCUT2D eigenvalue weighted by molar-refractivity contribution is 7.94. The molecule has 0 aromatic heterocycles. The summed E-state index contributed by atoms with van der Waals surface area (Å²) in [4.78, 5) is 0.264. The summed E-state index contributed by atoms with van der Waals surface area (Å²) in [5.41, 5.74) is 0.715. The van der Waals surface area contributed by atoms with Gasteiger partial charge in [0.2, 0.25) is 0 Å². The zero-order valence-electron chi connectivity index (χ0n) is 9.52. The van der Waals surface area contributed by atoms with Gasteiger partial charge in [-0.2, -0.15) is 0 Å². The lowest BCUT2D eigenvalue weighted by atomic mass is 10.2. The van der Waals surface area contributed by atoms with Gasteiger partial charge in [0.15, 0.2) is 9.84 Å². The molecule has 2 aromatic rings. The fourth-order valence-electron chi connectivity index (χ4n) is 1.44. The lowest BCUT2D eigenvalue weighted by Crippen LogP contribution is -1.95. The van der Waals surface area contributed by atoms with E-state index in [1.165, 1.54) is 18.2 Å². The number of benzene rings is 2. The van der Waals surface area contributed by atoms with Crippen molar-refractivity contribution >= 4 is 15.9 Å². The van der Waals surface area contributed by atoms with Crippen molar-refractivity contribution in [2.45, 2.75) is 4.90 Å². The molecular weight excluding hydrogens is 248 g/mol. The van der Waals surface area contributed by atoms with Crippen LogP contribution in [0.5, 0.6) is 5.75 Å². The minimum absolute atomic E-state index is 0.151. The smallest absolute Gasteiger partial charge is 0.199 e. The summed E-state index contributed by atoms with van der Waals surface area (Å²) in [6, 6.07) is 14.5. The fraction of sp³-hybridized carbons (Fsp3) is 0. The SMILES string of the molecule is O=S(=O)(/C=C/c1ccc(O)cc1)c1ccccc1. The van der Waals surface area contributed by atoms with Crippen molar-refractivity contribution < 1.29 is 13.5 Å². The minimum Gasteiger partial charge on any atom is -0.508 e. The van der Waals surface area contributed by atoms with Gasteiger partial charge in [-0.3, -0.25) is 0 Å². The Morgan fingerprint density at radius 2 is 1.50 bits per heavy atom. The maximum Gasteiger partial charge on any atom is 0.199 e. The van der Waals surface area contributed by atoms with Crippen LogP contribution in [0, 0.1) is 0 Å². The first-order valence-corrected chi connectivity index (χ1v) is 6.90. The van der Waals surface area contributed by atoms with Gasteiger partial charge >= 0.3 is 0 Å². The molecular formula is C14H12O3S. The van der Waals surface area contributed by atoms with E-state index in [0.29, 0.717) is 5.56 Å². The van der Waals surface area contributed by atoms with Gasteiger partial charge in [0, 0.05) is 5.41 Å². The normalized spacial score (nSPS) is 11.8. The average molecular weight is 260 g/mol. The number of aromatic hydroxyl groups is 1. The Hall–Kier alpha value is -2.07. The van der Waals surface area contributed by atoms with E-state index < -0.39 is 9.84 Å². The van der Waals surface area contributed by atoms with Crippen LogP contribution in [0.3, 0.4) is 0 Å². The van der Waals surface area contributed by atoms with E-state index in [9.17, 15) is 8.42 Å². The highest BCUT2D eigenvalue weighted by Crippen LogP contribution is 2.15. The van der Waals surface area contributed by atoms with Crippen molar-refractivity contribution in [1.82, 2.24) is 0 Å². The zero-order valence-corrected chi connectivity index (χ0v) is 10.3. The van der Waals surface area contributed by atoms with Gasteiger partial charge in [-0.05, 0) is 35.9 Å². The molecule has 4 heteroatoms. The van der Waals surface area contributed by atoms with Gasteiger partial charge in [0.1, 0.15) is 5.75 Å². The molecule has 0 aliphatic rings. The predicted octanol–water partition coefficient (Wildman–Crippen LogP) is 2.84. The molecule has 3 nitrogen and oxygen atoms in total. The summed E-state index contributed by atoms with van der Waals surface area (Å²) in [6.07, 6.45) is 1.50. The number of phenols is 1. The molecule has 92 valence electrons. The van der Waals surface area contributed by atoms with Crippen molar-refractivity contribution in [2.24, 2.45) is 0 Å². The molecule has 0 spiro atoms. The largest absolute Gasteiger partial charge is 0.508 e. The first kappa shape index (κ1) is 12.4. The van der Waals surface area contributed by atoms with Crippen LogP contribution in [0.1, 0.15) is 5.56 Å². The van der Waals surface area contributed by atoms with Crippen LogP contribution in [0.4, 0.5) is 0 Å². The summed E-state index contributed by atoms with van der Waals surface area (Å²) in [7, 11) is -3.41. The number of phenolic OH excluding ortho intramolecular Hbond substituents is 1. The van der Waals surface area contributed by atoms with E-state index in [-0.39, 0.29) is 10.6 Å². The minimum atomic E-state index is -3.41. The van der Waals surface area contributed by atoms with Crippen LogP contribution in [0.2, 0.25) is 0 Å². The second-order valence-corrected chi connectivity index (χ2v) is 5.59. The first-order chi connectivity index (χ1) is 8.58. The van der Waals surface area contributed by atoms with Crippen LogP contribution in [-0.4, -0.2) is 13.5 Å². The third kappa shape index (κ3) is 2.99. The molecule has 18 heavy (non-hydrogen) atoms. The third-order valence-corrected chi connectivity index (χ3v) is 3.83. The molecule has 0 bridgehead atoms. The molecule has 0 unspecified atom stereocenters. The highest BCUT2D eigenvalue weighted by atomic mass is 32.2. The maximum atomic E-state index is 11.9. The Labute approximate surface area is 106 Å². The summed E-state index contributed by atoms with van der Waals surface area (Å²) in [6.45, 7) is 0. The van der Waals surface area contributed by atoms with E-state index in [1.807, 2.05) is 0 Å². The molecule has 0 atom stereocenters. The fourth-order valence-corrected chi connectivity index (χ4v) is 2.47. The van der Waals surface area contributed by atoms with Gasteiger partial charge in [-0.15, -0.1) is 0 Å². The Bertz CT molecular complexity index is 641. The van der Waals surface area contributed by atoms with Crippen LogP contribution >= 0.6 is 0 Å². The van der Waals surface area contributed by atoms with E-state index in [0.717, 1.165) is 5.41 Å². The van der Waals surface area contributed by atoms with Gasteiger partial charge < -0.3 is 5.11 Å². The van der Waals surface area contributed by atoms with Crippen molar-refractivity contribution in [3.05, 3.63) is 65.6 Å². The Balaban J connectivity index is 2.26. The molecule has 0 saturated heterocycles. The van der Waals surface area contributed by atoms with Crippen molar-refractivity contribution in [3.8, 4) is 5.75 Å². The zero-order chi connectivity index (χ0) is 13.0. The molecule has 0 saturated carbocycles. The summed E-state index contributed by atoms with van der Waals surface area (Å²) < 4.78 is 23.9. The number of hydrogen-bond donors (Lipinski definition) is 1. The van der Waals surface area contributed by atoms with Crippen LogP contribution in [0.15, 0.2) is 64.9 Å². The van der Waals surface area contributed by atoms with E-state index in [1.54, 1.807) is 42.5 Å². The lowest BCUT2D eigenvalue weighted by molar-refractivity contribution is 0.475. The number of sulfone groups is 1. The van der Waals surface area contributed by atoms with Gasteiger partial charge in [0.05, 0.1) is 4.90 Å². The second kappa shape index (κ2) is 5.06. The molecule has 0 amide bonds. The predicted molar refractivity (Wildman–Crippen MR) is 70.8 cm³/mol. The molecule has 0 radical (unpaired) electrons. The summed E-state index contributed by atoms with van der Waals surface area (Å²) >= 11 is 0. The van der Waals surface area contributed by atoms with Gasteiger partial charge in [-0.1, -0.05) is 30.3 Å². The third-order valence-electron chi connectivity index (χ3n) is 2.40. The van der Waals surface area contributed by atoms with E-state index >= 15 is 0 Å². The Kier molecular flexibility index (Phi) is 3.48. The van der Waals surface area contributed by atoms with Crippen molar-refractivity contribution in [2.75, 3.05) is 0 Å². The second-order valence-electron chi connectivity index (χ2n) is 3.75. The van der Waals surface area contributed by atoms with Gasteiger partial charge in [-0.25, -0.2) is 8.42 Å². The standard InChI is InChI=1S/C14H12O3S/c15-13-8-6-12(7-9-13)10-11-18(16,17)14-4-2-1-3-5-14/h1-11,15H/b11-10+. The molecule has 1 N–H and O–H groups in total. The van der Waals surface area contributed by atoms with Crippen LogP contribution < -0.4 is 0 Å². The first-order valence-electron chi connectivity index (χ1n) is 5.35. The molecule has 0 fully saturated rings. The molecule has 0 heterocycles. The van der Waals surface area contributed by atoms with E-state index in [4.69, 9.17) is 5.11 Å². The molecule has 0 aliphatic carbocycles. The topological polar surface area (TPSA) is 54.4 Å². The Morgan fingerprint density at radius 3 is 2.11 bits per heavy atom. The monoisotopic (exact) mass is 260 g/mol. The summed E-state index contributed by atoms with van der Waals surface area (Å²) in [5, 5.41) is 10.3. The average Bonchev–Trinajstić information content (AvgIpc) is 2.39. The molecule has 0 aliphatic heterocycles. The Morgan fingerprint density at radius 1 is 0.889 bits per heavy atom. The number of rotatable bonds is 3. The molecule has 2 rings (SSSR count). The lowest BCUT2D eigenvalue weighted by Gasteiger charge is -1.98. The van der Waals surface area contributed by atoms with Crippen molar-refractivity contribution in [1.29, 1.82) is 0 Å². The highest BCUT2D eigenvalue weighted by Gasteiger charge is 2.08. The van der Waals surface area contributed by atoms with E-state index in [2.05, 4.69) is 0 Å². The quantitative estimate of drug-likeness (QED) is 0.923. The molecule has 2 aromatic carbocycles. The van der Waals surface area contributed by atoms with Crippen molar-refractivity contribution in [3.63, 3.8) is 0 Å².